The summed E-state index contributed by atoms with van der Waals surface area (Å²) in [5.41, 5.74) is 0.637. The molecule has 3 aliphatic rings. The number of para-hydroxylation sites is 1. The first-order valence-corrected chi connectivity index (χ1v) is 18.8. The van der Waals surface area contributed by atoms with E-state index in [0.29, 0.717) is 48.5 Å². The molecule has 1 saturated heterocycles. The fourth-order valence-electron chi connectivity index (χ4n) is 7.40. The maximum absolute atomic E-state index is 14.6. The van der Waals surface area contributed by atoms with Gasteiger partial charge in [-0.2, -0.15) is 4.31 Å². The number of piperidine rings is 1. The summed E-state index contributed by atoms with van der Waals surface area (Å²) >= 11 is 0. The van der Waals surface area contributed by atoms with Crippen LogP contribution >= 0.6 is 0 Å². The van der Waals surface area contributed by atoms with Crippen molar-refractivity contribution in [2.75, 3.05) is 31.6 Å². The topological polar surface area (TPSA) is 117 Å². The Morgan fingerprint density at radius 3 is 2.32 bits per heavy atom. The molecule has 10 nitrogen and oxygen atoms in total. The lowest BCUT2D eigenvalue weighted by molar-refractivity contribution is 0.00781. The zero-order valence-electron chi connectivity index (χ0n) is 29.1. The summed E-state index contributed by atoms with van der Waals surface area (Å²) in [4.78, 5) is 28.7. The number of ether oxygens (including phenoxy) is 2. The van der Waals surface area contributed by atoms with Crippen LogP contribution in [0.25, 0.3) is 11.1 Å². The third-order valence-electron chi connectivity index (χ3n) is 9.94. The van der Waals surface area contributed by atoms with Crippen LogP contribution in [-0.2, 0) is 14.8 Å². The normalized spacial score (nSPS) is 21.6. The fourth-order valence-corrected chi connectivity index (χ4v) is 9.01. The molecular weight excluding hydrogens is 661 g/mol. The van der Waals surface area contributed by atoms with Gasteiger partial charge in [-0.1, -0.05) is 43.5 Å². The van der Waals surface area contributed by atoms with Crippen molar-refractivity contribution in [3.63, 3.8) is 0 Å². The molecular formula is C38H46FN3O7S. The molecule has 1 amide bonds. The number of aromatic carboxylic acids is 1. The number of nitrogens with zero attached hydrogens (tertiary/aromatic N) is 3. The Hall–Kier alpha value is -4.16. The van der Waals surface area contributed by atoms with Crippen molar-refractivity contribution < 1.29 is 37.0 Å². The Balaban J connectivity index is 1.50. The van der Waals surface area contributed by atoms with Crippen LogP contribution in [0.15, 0.2) is 65.6 Å². The number of likely N-dealkylation sites (tertiary alicyclic amines) is 1. The van der Waals surface area contributed by atoms with Crippen LogP contribution in [0.2, 0.25) is 0 Å². The SMILES string of the molecule is CN1[C@H](C2CCCCC2)CN(c2ccccc2)c2cc(O[C@@H]3CCCN(C(=O)OC(C)(C)C)C3)c(-c3ccc(F)c(C(=O)O)c3)cc2S1(=O)=O. The minimum Gasteiger partial charge on any atom is -0.488 e. The number of amides is 1. The molecule has 50 heavy (non-hydrogen) atoms. The molecule has 1 saturated carbocycles. The van der Waals surface area contributed by atoms with Gasteiger partial charge in [0.2, 0.25) is 10.0 Å². The van der Waals surface area contributed by atoms with E-state index < -0.39 is 45.2 Å². The molecule has 2 fully saturated rings. The van der Waals surface area contributed by atoms with Crippen LogP contribution in [0, 0.1) is 11.7 Å². The Bertz CT molecular complexity index is 1840. The van der Waals surface area contributed by atoms with Gasteiger partial charge in [0, 0.05) is 43.5 Å². The molecule has 0 radical (unpaired) electrons. The number of carbonyl (C=O) groups is 2. The van der Waals surface area contributed by atoms with Crippen LogP contribution in [0.3, 0.4) is 0 Å². The molecule has 1 N–H and O–H groups in total. The van der Waals surface area contributed by atoms with Crippen molar-refractivity contribution in [1.29, 1.82) is 0 Å². The van der Waals surface area contributed by atoms with E-state index in [1.807, 2.05) is 56.0 Å². The second-order valence-electron chi connectivity index (χ2n) is 14.6. The predicted octanol–water partition coefficient (Wildman–Crippen LogP) is 7.69. The van der Waals surface area contributed by atoms with Gasteiger partial charge in [-0.25, -0.2) is 22.4 Å². The Kier molecular flexibility index (Phi) is 10.1. The molecule has 0 bridgehead atoms. The van der Waals surface area contributed by atoms with Gasteiger partial charge < -0.3 is 24.4 Å². The summed E-state index contributed by atoms with van der Waals surface area (Å²) in [5, 5.41) is 9.76. The summed E-state index contributed by atoms with van der Waals surface area (Å²) in [5.74, 6) is -1.87. The van der Waals surface area contributed by atoms with Crippen molar-refractivity contribution in [2.24, 2.45) is 5.92 Å². The van der Waals surface area contributed by atoms with E-state index in [1.165, 1.54) is 22.5 Å². The first kappa shape index (κ1) is 35.7. The maximum Gasteiger partial charge on any atom is 0.410 e. The van der Waals surface area contributed by atoms with Gasteiger partial charge >= 0.3 is 12.1 Å². The summed E-state index contributed by atoms with van der Waals surface area (Å²) in [6.45, 7) is 6.58. The first-order valence-electron chi connectivity index (χ1n) is 17.4. The number of hydrogen-bond acceptors (Lipinski definition) is 7. The number of halogens is 1. The fraction of sp³-hybridized carbons (Fsp3) is 0.474. The summed E-state index contributed by atoms with van der Waals surface area (Å²) in [7, 11) is -2.43. The molecule has 2 atom stereocenters. The molecule has 0 unspecified atom stereocenters. The second-order valence-corrected chi connectivity index (χ2v) is 16.5. The third-order valence-corrected chi connectivity index (χ3v) is 11.9. The van der Waals surface area contributed by atoms with Crippen LogP contribution in [0.1, 0.15) is 76.1 Å². The molecule has 0 aromatic heterocycles. The molecule has 6 rings (SSSR count). The van der Waals surface area contributed by atoms with Crippen LogP contribution in [0.5, 0.6) is 5.75 Å². The van der Waals surface area contributed by atoms with E-state index in [2.05, 4.69) is 0 Å². The molecule has 2 aliphatic heterocycles. The number of likely N-dealkylation sites (N-methyl/N-ethyl adjacent to an activating group) is 1. The smallest absolute Gasteiger partial charge is 0.410 e. The number of rotatable bonds is 6. The van der Waals surface area contributed by atoms with Crippen LogP contribution in [-0.4, -0.2) is 79.2 Å². The Labute approximate surface area is 293 Å². The molecule has 268 valence electrons. The van der Waals surface area contributed by atoms with E-state index in [1.54, 1.807) is 18.0 Å². The number of carbonyl (C=O) groups excluding carboxylic acids is 1. The molecule has 2 heterocycles. The van der Waals surface area contributed by atoms with E-state index >= 15 is 0 Å². The van der Waals surface area contributed by atoms with Crippen LogP contribution in [0.4, 0.5) is 20.6 Å². The summed E-state index contributed by atoms with van der Waals surface area (Å²) in [6, 6.07) is 16.3. The van der Waals surface area contributed by atoms with Gasteiger partial charge in [-0.3, -0.25) is 0 Å². The quantitative estimate of drug-likeness (QED) is 0.277. The van der Waals surface area contributed by atoms with Crippen molar-refractivity contribution in [3.05, 3.63) is 72.0 Å². The zero-order chi connectivity index (χ0) is 35.8. The maximum atomic E-state index is 14.6. The lowest BCUT2D eigenvalue weighted by Crippen LogP contribution is -2.46. The third kappa shape index (κ3) is 7.46. The largest absolute Gasteiger partial charge is 0.488 e. The highest BCUT2D eigenvalue weighted by atomic mass is 32.2. The van der Waals surface area contributed by atoms with Gasteiger partial charge in [0.1, 0.15) is 28.2 Å². The lowest BCUT2D eigenvalue weighted by Gasteiger charge is -2.37. The van der Waals surface area contributed by atoms with Gasteiger partial charge in [-0.15, -0.1) is 0 Å². The highest BCUT2D eigenvalue weighted by Crippen LogP contribution is 2.46. The summed E-state index contributed by atoms with van der Waals surface area (Å²) < 4.78 is 57.7. The molecule has 0 spiro atoms. The van der Waals surface area contributed by atoms with Gasteiger partial charge in [0.25, 0.3) is 0 Å². The standard InChI is InChI=1S/C38H46FN3O7S/c1-38(2,3)49-37(45)41-19-11-16-28(23-41)48-34-22-32-35(21-29(34)26-17-18-31(39)30(20-26)36(43)44)50(46,47)40(4)33(25-12-7-5-8-13-25)24-42(32)27-14-9-6-10-15-27/h6,9-10,14-15,17-18,20-22,25,28,33H,5,7-8,11-13,16,19,23-24H2,1-4H3,(H,43,44)/t28-,33+/m1/s1. The summed E-state index contributed by atoms with van der Waals surface area (Å²) in [6.07, 6.45) is 5.46. The van der Waals surface area contributed by atoms with Crippen molar-refractivity contribution in [1.82, 2.24) is 9.21 Å². The van der Waals surface area contributed by atoms with Crippen molar-refractivity contribution >= 4 is 33.5 Å². The van der Waals surface area contributed by atoms with Crippen molar-refractivity contribution in [2.45, 2.75) is 88.4 Å². The second kappa shape index (κ2) is 14.2. The number of carboxylic acids is 1. The first-order chi connectivity index (χ1) is 23.7. The number of benzene rings is 3. The zero-order valence-corrected chi connectivity index (χ0v) is 29.9. The number of carboxylic acid groups (broad SMARTS) is 1. The molecule has 3 aromatic carbocycles. The Morgan fingerprint density at radius 2 is 1.64 bits per heavy atom. The van der Waals surface area contributed by atoms with E-state index in [9.17, 15) is 27.5 Å². The molecule has 1 aliphatic carbocycles. The van der Waals surface area contributed by atoms with E-state index in [-0.39, 0.29) is 23.4 Å². The average Bonchev–Trinajstić information content (AvgIpc) is 3.16. The monoisotopic (exact) mass is 707 g/mol. The average molecular weight is 708 g/mol. The number of sulfonamides is 1. The van der Waals surface area contributed by atoms with Crippen LogP contribution < -0.4 is 9.64 Å². The van der Waals surface area contributed by atoms with Crippen molar-refractivity contribution in [3.8, 4) is 16.9 Å². The van der Waals surface area contributed by atoms with Gasteiger partial charge in [-0.05, 0) is 88.3 Å². The minimum absolute atomic E-state index is 0.0461. The molecule has 12 heteroatoms. The minimum atomic E-state index is -4.07. The highest BCUT2D eigenvalue weighted by molar-refractivity contribution is 7.89. The van der Waals surface area contributed by atoms with Gasteiger partial charge in [0.05, 0.1) is 17.8 Å². The lowest BCUT2D eigenvalue weighted by atomic mass is 9.83. The number of fused-ring (bicyclic) bond motifs is 1. The highest BCUT2D eigenvalue weighted by Gasteiger charge is 2.42. The molecule has 3 aromatic rings. The van der Waals surface area contributed by atoms with Gasteiger partial charge in [0.15, 0.2) is 0 Å². The predicted molar refractivity (Wildman–Crippen MR) is 189 cm³/mol. The number of anilines is 2. The Morgan fingerprint density at radius 1 is 0.920 bits per heavy atom. The van der Waals surface area contributed by atoms with E-state index in [4.69, 9.17) is 9.47 Å². The van der Waals surface area contributed by atoms with E-state index in [0.717, 1.165) is 43.9 Å². The number of hydrogen-bond donors (Lipinski definition) is 1.